The highest BCUT2D eigenvalue weighted by Crippen LogP contribution is 2.16. The summed E-state index contributed by atoms with van der Waals surface area (Å²) in [5, 5.41) is 11.8. The van der Waals surface area contributed by atoms with E-state index in [9.17, 15) is 9.59 Å². The van der Waals surface area contributed by atoms with Crippen molar-refractivity contribution < 1.29 is 14.7 Å². The van der Waals surface area contributed by atoms with Gasteiger partial charge in [-0.25, -0.2) is 9.59 Å². The molecule has 1 aromatic rings. The summed E-state index contributed by atoms with van der Waals surface area (Å²) in [7, 11) is 0. The molecule has 6 heteroatoms. The van der Waals surface area contributed by atoms with Gasteiger partial charge >= 0.3 is 12.0 Å². The van der Waals surface area contributed by atoms with Crippen LogP contribution >= 0.6 is 0 Å². The topological polar surface area (TPSA) is 72.9 Å². The lowest BCUT2D eigenvalue weighted by atomic mass is 10.2. The van der Waals surface area contributed by atoms with Crippen LogP contribution in [0, 0.1) is 0 Å². The van der Waals surface area contributed by atoms with Gasteiger partial charge in [0.25, 0.3) is 0 Å². The maximum atomic E-state index is 12.2. The van der Waals surface area contributed by atoms with Gasteiger partial charge < -0.3 is 15.3 Å². The van der Waals surface area contributed by atoms with E-state index < -0.39 is 5.97 Å². The third-order valence-corrected chi connectivity index (χ3v) is 3.60. The molecule has 1 aliphatic heterocycles. The van der Waals surface area contributed by atoms with Crippen molar-refractivity contribution in [2.24, 2.45) is 0 Å². The third kappa shape index (κ3) is 3.95. The Morgan fingerprint density at radius 1 is 1.19 bits per heavy atom. The van der Waals surface area contributed by atoms with Crippen molar-refractivity contribution in [3.05, 3.63) is 29.8 Å². The third-order valence-electron chi connectivity index (χ3n) is 3.60. The van der Waals surface area contributed by atoms with Crippen molar-refractivity contribution in [1.82, 2.24) is 9.80 Å². The first kappa shape index (κ1) is 15.3. The largest absolute Gasteiger partial charge is 0.478 e. The molecule has 114 valence electrons. The van der Waals surface area contributed by atoms with Gasteiger partial charge in [0, 0.05) is 26.2 Å². The van der Waals surface area contributed by atoms with Gasteiger partial charge in [-0.15, -0.1) is 0 Å². The van der Waals surface area contributed by atoms with Gasteiger partial charge in [-0.05, 0) is 25.1 Å². The molecule has 1 aliphatic rings. The summed E-state index contributed by atoms with van der Waals surface area (Å²) in [6.07, 6.45) is 1.11. The van der Waals surface area contributed by atoms with E-state index in [4.69, 9.17) is 5.11 Å². The van der Waals surface area contributed by atoms with Crippen LogP contribution in [0.25, 0.3) is 0 Å². The van der Waals surface area contributed by atoms with Gasteiger partial charge in [-0.3, -0.25) is 4.90 Å². The van der Waals surface area contributed by atoms with Crippen LogP contribution in [0.4, 0.5) is 10.5 Å². The average molecular weight is 291 g/mol. The average Bonchev–Trinajstić information content (AvgIpc) is 2.48. The summed E-state index contributed by atoms with van der Waals surface area (Å²) in [5.74, 6) is -1.04. The molecule has 0 spiro atoms. The van der Waals surface area contributed by atoms with Crippen LogP contribution in [-0.4, -0.2) is 59.6 Å². The van der Waals surface area contributed by atoms with E-state index in [0.29, 0.717) is 18.8 Å². The highest BCUT2D eigenvalue weighted by Gasteiger charge is 2.21. The van der Waals surface area contributed by atoms with E-state index in [2.05, 4.69) is 17.1 Å². The SMILES string of the molecule is CCCN1CCN(C(=O)Nc2ccccc2C(=O)O)CC1. The standard InChI is InChI=1S/C15H21N3O3/c1-2-7-17-8-10-18(11-9-17)15(21)16-13-6-4-3-5-12(13)14(19)20/h3-6H,2,7-11H2,1H3,(H,16,21)(H,19,20). The Kier molecular flexibility index (Phi) is 5.16. The fourth-order valence-electron chi connectivity index (χ4n) is 2.46. The zero-order chi connectivity index (χ0) is 15.2. The minimum atomic E-state index is -1.04. The minimum Gasteiger partial charge on any atom is -0.478 e. The highest BCUT2D eigenvalue weighted by molar-refractivity contribution is 5.99. The van der Waals surface area contributed by atoms with Crippen LogP contribution in [0.2, 0.25) is 0 Å². The molecule has 0 bridgehead atoms. The monoisotopic (exact) mass is 291 g/mol. The van der Waals surface area contributed by atoms with E-state index in [1.165, 1.54) is 6.07 Å². The number of rotatable bonds is 4. The van der Waals surface area contributed by atoms with Crippen molar-refractivity contribution in [2.75, 3.05) is 38.0 Å². The molecule has 2 N–H and O–H groups in total. The summed E-state index contributed by atoms with van der Waals surface area (Å²) < 4.78 is 0. The first-order valence-electron chi connectivity index (χ1n) is 7.22. The summed E-state index contributed by atoms with van der Waals surface area (Å²) >= 11 is 0. The molecule has 21 heavy (non-hydrogen) atoms. The molecule has 1 fully saturated rings. The highest BCUT2D eigenvalue weighted by atomic mass is 16.4. The number of carboxylic acids is 1. The second-order valence-electron chi connectivity index (χ2n) is 5.11. The molecular formula is C15H21N3O3. The molecule has 0 saturated carbocycles. The Morgan fingerprint density at radius 3 is 2.48 bits per heavy atom. The van der Waals surface area contributed by atoms with E-state index in [0.717, 1.165) is 26.1 Å². The quantitative estimate of drug-likeness (QED) is 0.889. The number of nitrogens with one attached hydrogen (secondary N) is 1. The van der Waals surface area contributed by atoms with E-state index in [1.807, 2.05) is 0 Å². The molecule has 2 amide bonds. The molecular weight excluding hydrogens is 270 g/mol. The van der Waals surface area contributed by atoms with E-state index in [1.54, 1.807) is 23.1 Å². The zero-order valence-corrected chi connectivity index (χ0v) is 12.2. The molecule has 0 aliphatic carbocycles. The second-order valence-corrected chi connectivity index (χ2v) is 5.11. The van der Waals surface area contributed by atoms with Crippen LogP contribution in [0.15, 0.2) is 24.3 Å². The number of benzene rings is 1. The maximum Gasteiger partial charge on any atom is 0.337 e. The number of urea groups is 1. The van der Waals surface area contributed by atoms with Crippen molar-refractivity contribution in [3.63, 3.8) is 0 Å². The number of aromatic carboxylic acids is 1. The summed E-state index contributed by atoms with van der Waals surface area (Å²) in [5.41, 5.74) is 0.446. The molecule has 0 radical (unpaired) electrons. The predicted octanol–water partition coefficient (Wildman–Crippen LogP) is 1.94. The fraction of sp³-hybridized carbons (Fsp3) is 0.467. The Balaban J connectivity index is 1.95. The summed E-state index contributed by atoms with van der Waals surface area (Å²) in [6.45, 7) is 6.26. The number of amides is 2. The Bertz CT molecular complexity index is 511. The van der Waals surface area contributed by atoms with Crippen LogP contribution in [0.1, 0.15) is 23.7 Å². The normalized spacial score (nSPS) is 15.8. The molecule has 0 unspecified atom stereocenters. The van der Waals surface area contributed by atoms with Crippen LogP contribution in [-0.2, 0) is 0 Å². The molecule has 0 atom stereocenters. The number of hydrogen-bond acceptors (Lipinski definition) is 3. The van der Waals surface area contributed by atoms with Gasteiger partial charge in [-0.1, -0.05) is 19.1 Å². The number of hydrogen-bond donors (Lipinski definition) is 2. The predicted molar refractivity (Wildman–Crippen MR) is 80.7 cm³/mol. The number of carbonyl (C=O) groups is 2. The van der Waals surface area contributed by atoms with E-state index >= 15 is 0 Å². The smallest absolute Gasteiger partial charge is 0.337 e. The van der Waals surface area contributed by atoms with Gasteiger partial charge in [0.1, 0.15) is 0 Å². The lowest BCUT2D eigenvalue weighted by Gasteiger charge is -2.34. The summed E-state index contributed by atoms with van der Waals surface area (Å²) in [4.78, 5) is 27.4. The molecule has 1 saturated heterocycles. The Hall–Kier alpha value is -2.08. The van der Waals surface area contributed by atoms with Crippen molar-refractivity contribution in [2.45, 2.75) is 13.3 Å². The molecule has 1 aromatic carbocycles. The number of piperazine rings is 1. The fourth-order valence-corrected chi connectivity index (χ4v) is 2.46. The maximum absolute atomic E-state index is 12.2. The molecule has 6 nitrogen and oxygen atoms in total. The van der Waals surface area contributed by atoms with Gasteiger partial charge in [0.15, 0.2) is 0 Å². The molecule has 0 aromatic heterocycles. The zero-order valence-electron chi connectivity index (χ0n) is 12.2. The van der Waals surface area contributed by atoms with Gasteiger partial charge in [-0.2, -0.15) is 0 Å². The van der Waals surface area contributed by atoms with Crippen molar-refractivity contribution in [1.29, 1.82) is 0 Å². The van der Waals surface area contributed by atoms with Crippen LogP contribution < -0.4 is 5.32 Å². The number of anilines is 1. The first-order chi connectivity index (χ1) is 10.1. The van der Waals surface area contributed by atoms with Gasteiger partial charge in [0.05, 0.1) is 11.3 Å². The number of carbonyl (C=O) groups excluding carboxylic acids is 1. The molecule has 2 rings (SSSR count). The molecule has 1 heterocycles. The van der Waals surface area contributed by atoms with Crippen LogP contribution in [0.5, 0.6) is 0 Å². The minimum absolute atomic E-state index is 0.107. The Labute approximate surface area is 124 Å². The van der Waals surface area contributed by atoms with Crippen molar-refractivity contribution >= 4 is 17.7 Å². The Morgan fingerprint density at radius 2 is 1.86 bits per heavy atom. The van der Waals surface area contributed by atoms with Crippen molar-refractivity contribution in [3.8, 4) is 0 Å². The first-order valence-corrected chi connectivity index (χ1v) is 7.22. The lowest BCUT2D eigenvalue weighted by molar-refractivity contribution is 0.0698. The number of nitrogens with zero attached hydrogens (tertiary/aromatic N) is 2. The summed E-state index contributed by atoms with van der Waals surface area (Å²) in [6, 6.07) is 6.20. The number of carboxylic acid groups (broad SMARTS) is 1. The lowest BCUT2D eigenvalue weighted by Crippen LogP contribution is -2.50. The second kappa shape index (κ2) is 7.08. The van der Waals surface area contributed by atoms with Gasteiger partial charge in [0.2, 0.25) is 0 Å². The van der Waals surface area contributed by atoms with Crippen LogP contribution in [0.3, 0.4) is 0 Å². The number of para-hydroxylation sites is 1. The van der Waals surface area contributed by atoms with E-state index in [-0.39, 0.29) is 11.6 Å².